The van der Waals surface area contributed by atoms with Crippen LogP contribution in [0.3, 0.4) is 0 Å². The lowest BCUT2D eigenvalue weighted by molar-refractivity contribution is 0.402. The van der Waals surface area contributed by atoms with E-state index in [-0.39, 0.29) is 0 Å². The predicted molar refractivity (Wildman–Crippen MR) is 66.9 cm³/mol. The van der Waals surface area contributed by atoms with Gasteiger partial charge in [-0.1, -0.05) is 0 Å². The van der Waals surface area contributed by atoms with E-state index in [0.29, 0.717) is 5.84 Å². The number of benzene rings is 1. The summed E-state index contributed by atoms with van der Waals surface area (Å²) in [6.07, 6.45) is 1.48. The van der Waals surface area contributed by atoms with Crippen LogP contribution in [0.25, 0.3) is 0 Å². The van der Waals surface area contributed by atoms with Gasteiger partial charge in [-0.05, 0) is 24.6 Å². The molecule has 2 N–H and O–H groups in total. The van der Waals surface area contributed by atoms with Crippen LogP contribution in [0.15, 0.2) is 28.4 Å². The molecule has 1 aliphatic rings. The molecular formula is C12H15N3O2. The van der Waals surface area contributed by atoms with Crippen molar-refractivity contribution in [2.45, 2.75) is 12.8 Å². The Balaban J connectivity index is 2.42. The number of amidine groups is 1. The van der Waals surface area contributed by atoms with Crippen LogP contribution in [0.1, 0.15) is 18.4 Å². The zero-order chi connectivity index (χ0) is 12.3. The minimum absolute atomic E-state index is 0.565. The minimum atomic E-state index is 0.565. The molecule has 0 fully saturated rings. The number of nitrogens with two attached hydrogens (primary N) is 1. The summed E-state index contributed by atoms with van der Waals surface area (Å²) >= 11 is 0. The molecule has 0 aromatic heterocycles. The van der Waals surface area contributed by atoms with Crippen LogP contribution in [0.2, 0.25) is 0 Å². The normalized spacial score (nSPS) is 14.9. The topological polar surface area (TPSA) is 69.2 Å². The summed E-state index contributed by atoms with van der Waals surface area (Å²) in [6, 6.07) is 5.61. The third kappa shape index (κ3) is 2.38. The average Bonchev–Trinajstić information content (AvgIpc) is 2.39. The van der Waals surface area contributed by atoms with Crippen molar-refractivity contribution in [3.63, 3.8) is 0 Å². The summed E-state index contributed by atoms with van der Waals surface area (Å²) in [5.41, 5.74) is 7.36. The van der Waals surface area contributed by atoms with Gasteiger partial charge in [0.2, 0.25) is 0 Å². The number of nitrogens with zero attached hydrogens (tertiary/aromatic N) is 2. The molecule has 0 amide bonds. The summed E-state index contributed by atoms with van der Waals surface area (Å²) in [7, 11) is 3.26. The van der Waals surface area contributed by atoms with Crippen molar-refractivity contribution in [2.75, 3.05) is 14.2 Å². The summed E-state index contributed by atoms with van der Waals surface area (Å²) < 4.78 is 10.5. The quantitative estimate of drug-likeness (QED) is 0.861. The first-order chi connectivity index (χ1) is 8.24. The molecule has 1 aliphatic heterocycles. The van der Waals surface area contributed by atoms with Crippen LogP contribution >= 0.6 is 0 Å². The zero-order valence-corrected chi connectivity index (χ0v) is 9.93. The molecule has 0 atom stereocenters. The van der Waals surface area contributed by atoms with Crippen molar-refractivity contribution in [2.24, 2.45) is 15.9 Å². The Hall–Kier alpha value is -2.04. The zero-order valence-electron chi connectivity index (χ0n) is 9.93. The number of ether oxygens (including phenoxy) is 2. The van der Waals surface area contributed by atoms with Crippen LogP contribution in [0.4, 0.5) is 0 Å². The fraction of sp³-hybridized carbons (Fsp3) is 0.333. The van der Waals surface area contributed by atoms with E-state index >= 15 is 0 Å². The van der Waals surface area contributed by atoms with Crippen molar-refractivity contribution >= 4 is 11.5 Å². The van der Waals surface area contributed by atoms with E-state index in [4.69, 9.17) is 15.2 Å². The molecule has 0 bridgehead atoms. The van der Waals surface area contributed by atoms with E-state index in [2.05, 4.69) is 10.2 Å². The molecule has 5 nitrogen and oxygen atoms in total. The molecule has 0 unspecified atom stereocenters. The van der Waals surface area contributed by atoms with Gasteiger partial charge in [0.1, 0.15) is 17.3 Å². The molecule has 1 aromatic carbocycles. The second-order valence-electron chi connectivity index (χ2n) is 3.70. The van der Waals surface area contributed by atoms with Crippen LogP contribution in [-0.4, -0.2) is 25.8 Å². The average molecular weight is 233 g/mol. The molecule has 0 aliphatic carbocycles. The van der Waals surface area contributed by atoms with Gasteiger partial charge in [-0.3, -0.25) is 0 Å². The van der Waals surface area contributed by atoms with E-state index in [1.54, 1.807) is 14.2 Å². The van der Waals surface area contributed by atoms with E-state index in [1.807, 2.05) is 18.2 Å². The van der Waals surface area contributed by atoms with Gasteiger partial charge < -0.3 is 15.2 Å². The Morgan fingerprint density at radius 1 is 1.12 bits per heavy atom. The first-order valence-corrected chi connectivity index (χ1v) is 5.36. The largest absolute Gasteiger partial charge is 0.497 e. The highest BCUT2D eigenvalue weighted by Crippen LogP contribution is 2.26. The SMILES string of the molecule is COc1ccc(OC)c(C2=NN=C(N)CC2)c1. The molecule has 0 radical (unpaired) electrons. The first kappa shape index (κ1) is 11.4. The van der Waals surface area contributed by atoms with Crippen molar-refractivity contribution in [3.05, 3.63) is 23.8 Å². The van der Waals surface area contributed by atoms with Gasteiger partial charge in [0.05, 0.1) is 19.9 Å². The van der Waals surface area contributed by atoms with Crippen LogP contribution in [0.5, 0.6) is 11.5 Å². The second kappa shape index (κ2) is 4.86. The highest BCUT2D eigenvalue weighted by atomic mass is 16.5. The third-order valence-electron chi connectivity index (χ3n) is 2.63. The Morgan fingerprint density at radius 2 is 1.94 bits per heavy atom. The minimum Gasteiger partial charge on any atom is -0.497 e. The fourth-order valence-electron chi connectivity index (χ4n) is 1.70. The summed E-state index contributed by atoms with van der Waals surface area (Å²) in [5.74, 6) is 2.10. The lowest BCUT2D eigenvalue weighted by Gasteiger charge is -2.14. The van der Waals surface area contributed by atoms with Gasteiger partial charge in [0, 0.05) is 12.0 Å². The first-order valence-electron chi connectivity index (χ1n) is 5.36. The molecule has 5 heteroatoms. The Kier molecular flexibility index (Phi) is 3.27. The fourth-order valence-corrected chi connectivity index (χ4v) is 1.70. The lowest BCUT2D eigenvalue weighted by Crippen LogP contribution is -2.18. The highest BCUT2D eigenvalue weighted by molar-refractivity contribution is 6.06. The van der Waals surface area contributed by atoms with Gasteiger partial charge in [-0.2, -0.15) is 5.10 Å². The number of hydrogen-bond acceptors (Lipinski definition) is 5. The van der Waals surface area contributed by atoms with E-state index in [1.165, 1.54) is 0 Å². The molecule has 17 heavy (non-hydrogen) atoms. The number of hydrogen-bond donors (Lipinski definition) is 1. The number of methoxy groups -OCH3 is 2. The predicted octanol–water partition coefficient (Wildman–Crippen LogP) is 1.56. The van der Waals surface area contributed by atoms with Gasteiger partial charge in [0.15, 0.2) is 0 Å². The summed E-state index contributed by atoms with van der Waals surface area (Å²) in [4.78, 5) is 0. The van der Waals surface area contributed by atoms with E-state index in [9.17, 15) is 0 Å². The summed E-state index contributed by atoms with van der Waals surface area (Å²) in [5, 5.41) is 8.01. The van der Waals surface area contributed by atoms with Crippen molar-refractivity contribution < 1.29 is 9.47 Å². The van der Waals surface area contributed by atoms with Gasteiger partial charge in [-0.25, -0.2) is 0 Å². The highest BCUT2D eigenvalue weighted by Gasteiger charge is 2.15. The van der Waals surface area contributed by atoms with Crippen molar-refractivity contribution in [1.82, 2.24) is 0 Å². The van der Waals surface area contributed by atoms with Crippen LogP contribution < -0.4 is 15.2 Å². The van der Waals surface area contributed by atoms with Gasteiger partial charge >= 0.3 is 0 Å². The molecule has 0 spiro atoms. The standard InChI is InChI=1S/C12H15N3O2/c1-16-8-3-5-11(17-2)9(7-8)10-4-6-12(13)15-14-10/h3,5,7H,4,6H2,1-2H3,(H2,13,15). The second-order valence-corrected chi connectivity index (χ2v) is 3.70. The smallest absolute Gasteiger partial charge is 0.128 e. The molecule has 90 valence electrons. The maximum Gasteiger partial charge on any atom is 0.128 e. The Bertz CT molecular complexity index is 481. The Morgan fingerprint density at radius 3 is 2.53 bits per heavy atom. The Labute approximate surface area is 99.9 Å². The molecule has 1 heterocycles. The van der Waals surface area contributed by atoms with Crippen LogP contribution in [-0.2, 0) is 0 Å². The monoisotopic (exact) mass is 233 g/mol. The molecular weight excluding hydrogens is 218 g/mol. The lowest BCUT2D eigenvalue weighted by atomic mass is 10.0. The van der Waals surface area contributed by atoms with E-state index in [0.717, 1.165) is 35.6 Å². The van der Waals surface area contributed by atoms with Gasteiger partial charge in [0.25, 0.3) is 0 Å². The molecule has 2 rings (SSSR count). The van der Waals surface area contributed by atoms with Crippen molar-refractivity contribution in [1.29, 1.82) is 0 Å². The third-order valence-corrected chi connectivity index (χ3v) is 2.63. The molecule has 0 saturated heterocycles. The maximum atomic E-state index is 5.59. The summed E-state index contributed by atoms with van der Waals surface area (Å²) in [6.45, 7) is 0. The van der Waals surface area contributed by atoms with Gasteiger partial charge in [-0.15, -0.1) is 5.10 Å². The molecule has 1 aromatic rings. The van der Waals surface area contributed by atoms with Crippen LogP contribution in [0, 0.1) is 0 Å². The maximum absolute atomic E-state index is 5.59. The van der Waals surface area contributed by atoms with Crippen molar-refractivity contribution in [3.8, 4) is 11.5 Å². The van der Waals surface area contributed by atoms with E-state index < -0.39 is 0 Å². The molecule has 0 saturated carbocycles. The number of rotatable bonds is 3.